The maximum atomic E-state index is 12.0. The summed E-state index contributed by atoms with van der Waals surface area (Å²) in [5, 5.41) is 0. The fourth-order valence-corrected chi connectivity index (χ4v) is 2.37. The number of benzene rings is 1. The van der Waals surface area contributed by atoms with E-state index in [0.29, 0.717) is 12.2 Å². The monoisotopic (exact) mass is 228 g/mol. The van der Waals surface area contributed by atoms with Crippen LogP contribution in [0.15, 0.2) is 36.4 Å². The van der Waals surface area contributed by atoms with Crippen LogP contribution in [0.2, 0.25) is 0 Å². The van der Waals surface area contributed by atoms with Crippen molar-refractivity contribution in [1.29, 1.82) is 0 Å². The van der Waals surface area contributed by atoms with E-state index in [1.807, 2.05) is 6.07 Å². The molecule has 0 unspecified atom stereocenters. The molecule has 0 N–H and O–H groups in total. The molecule has 1 aliphatic rings. The average Bonchev–Trinajstić information content (AvgIpc) is 2.32. The molecule has 0 spiro atoms. The van der Waals surface area contributed by atoms with Gasteiger partial charge < -0.3 is 0 Å². The topological polar surface area (TPSA) is 17.1 Å². The molecule has 1 aromatic rings. The van der Waals surface area contributed by atoms with Crippen LogP contribution in [-0.2, 0) is 4.79 Å². The van der Waals surface area contributed by atoms with E-state index in [2.05, 4.69) is 44.2 Å². The predicted molar refractivity (Wildman–Crippen MR) is 71.7 cm³/mol. The van der Waals surface area contributed by atoms with Gasteiger partial charge in [-0.3, -0.25) is 4.79 Å². The quantitative estimate of drug-likeness (QED) is 0.702. The minimum atomic E-state index is -0.140. The van der Waals surface area contributed by atoms with E-state index < -0.39 is 0 Å². The zero-order valence-electron chi connectivity index (χ0n) is 10.7. The molecule has 17 heavy (non-hydrogen) atoms. The van der Waals surface area contributed by atoms with Crippen LogP contribution in [0.3, 0.4) is 0 Å². The summed E-state index contributed by atoms with van der Waals surface area (Å²) in [5.74, 6) is 0.366. The van der Waals surface area contributed by atoms with Gasteiger partial charge in [0.2, 0.25) is 0 Å². The van der Waals surface area contributed by atoms with Gasteiger partial charge in [0, 0.05) is 11.8 Å². The third-order valence-corrected chi connectivity index (χ3v) is 3.68. The van der Waals surface area contributed by atoms with Crippen LogP contribution in [0.1, 0.15) is 45.1 Å². The summed E-state index contributed by atoms with van der Waals surface area (Å²) >= 11 is 0. The summed E-state index contributed by atoms with van der Waals surface area (Å²) in [6.45, 7) is 4.13. The summed E-state index contributed by atoms with van der Waals surface area (Å²) in [6.07, 6.45) is 5.88. The second-order valence-corrected chi connectivity index (χ2v) is 5.46. The Morgan fingerprint density at radius 2 is 1.82 bits per heavy atom. The van der Waals surface area contributed by atoms with Crippen LogP contribution in [-0.4, -0.2) is 5.78 Å². The molecule has 1 aromatic carbocycles. The molecule has 0 radical (unpaired) electrons. The minimum Gasteiger partial charge on any atom is -0.299 e. The number of rotatable bonds is 1. The van der Waals surface area contributed by atoms with Gasteiger partial charge in [0.15, 0.2) is 0 Å². The number of hydrogen-bond donors (Lipinski definition) is 0. The molecule has 0 heterocycles. The summed E-state index contributed by atoms with van der Waals surface area (Å²) in [6, 6.07) is 10.4. The van der Waals surface area contributed by atoms with Crippen molar-refractivity contribution in [1.82, 2.24) is 0 Å². The van der Waals surface area contributed by atoms with Crippen molar-refractivity contribution in [2.24, 2.45) is 5.41 Å². The normalized spacial score (nSPS) is 23.4. The lowest BCUT2D eigenvalue weighted by atomic mass is 9.78. The average molecular weight is 228 g/mol. The van der Waals surface area contributed by atoms with E-state index in [-0.39, 0.29) is 5.41 Å². The lowest BCUT2D eigenvalue weighted by Gasteiger charge is -2.25. The molecule has 0 fully saturated rings. The first kappa shape index (κ1) is 12.1. The maximum absolute atomic E-state index is 12.0. The zero-order valence-corrected chi connectivity index (χ0v) is 10.7. The van der Waals surface area contributed by atoms with Crippen LogP contribution in [0, 0.1) is 5.41 Å². The molecule has 0 aliphatic heterocycles. The van der Waals surface area contributed by atoms with E-state index in [9.17, 15) is 4.79 Å². The van der Waals surface area contributed by atoms with Gasteiger partial charge in [0.05, 0.1) is 0 Å². The summed E-state index contributed by atoms with van der Waals surface area (Å²) in [5.41, 5.74) is 2.45. The van der Waals surface area contributed by atoms with Crippen LogP contribution in [0.5, 0.6) is 0 Å². The largest absolute Gasteiger partial charge is 0.299 e. The van der Waals surface area contributed by atoms with E-state index in [1.165, 1.54) is 11.1 Å². The molecule has 0 atom stereocenters. The first-order valence-electron chi connectivity index (χ1n) is 6.37. The molecule has 0 aromatic heterocycles. The van der Waals surface area contributed by atoms with Gasteiger partial charge >= 0.3 is 0 Å². The molecule has 2 rings (SSSR count). The lowest BCUT2D eigenvalue weighted by molar-refractivity contribution is -0.126. The van der Waals surface area contributed by atoms with Crippen molar-refractivity contribution in [3.8, 4) is 0 Å². The second kappa shape index (κ2) is 4.87. The number of allylic oxidation sites excluding steroid dienone is 2. The smallest absolute Gasteiger partial charge is 0.142 e. The first-order chi connectivity index (χ1) is 8.09. The Labute approximate surface area is 104 Å². The van der Waals surface area contributed by atoms with Crippen molar-refractivity contribution >= 4 is 11.4 Å². The molecule has 0 saturated heterocycles. The number of carbonyl (C=O) groups is 1. The number of Topliss-reactive ketones (excluding diaryl/α,β-unsaturated/α-hetero) is 1. The molecule has 1 heteroatoms. The van der Waals surface area contributed by atoms with Crippen LogP contribution in [0.4, 0.5) is 0 Å². The predicted octanol–water partition coefficient (Wildman–Crippen LogP) is 4.24. The SMILES string of the molecule is CC1(C)CCC/C(c2ccccc2)=C\CC1=O. The molecule has 1 nitrogen and oxygen atoms in total. The number of ketones is 1. The Hall–Kier alpha value is -1.37. The third kappa shape index (κ3) is 2.85. The van der Waals surface area contributed by atoms with Gasteiger partial charge in [-0.25, -0.2) is 0 Å². The van der Waals surface area contributed by atoms with E-state index in [0.717, 1.165) is 19.3 Å². The van der Waals surface area contributed by atoms with Crippen LogP contribution in [0.25, 0.3) is 5.57 Å². The standard InChI is InChI=1S/C16H20O/c1-16(2)12-6-9-14(10-11-15(16)17)13-7-4-3-5-8-13/h3-5,7-8,10H,6,9,11-12H2,1-2H3/b14-10+. The van der Waals surface area contributed by atoms with Gasteiger partial charge in [-0.1, -0.05) is 50.3 Å². The zero-order chi connectivity index (χ0) is 12.3. The van der Waals surface area contributed by atoms with Crippen LogP contribution < -0.4 is 0 Å². The van der Waals surface area contributed by atoms with Crippen molar-refractivity contribution in [2.75, 3.05) is 0 Å². The number of carbonyl (C=O) groups excluding carboxylic acids is 1. The van der Waals surface area contributed by atoms with Crippen LogP contribution >= 0.6 is 0 Å². The molecule has 90 valence electrons. The fraction of sp³-hybridized carbons (Fsp3) is 0.438. The summed E-state index contributed by atoms with van der Waals surface area (Å²) in [7, 11) is 0. The Morgan fingerprint density at radius 1 is 1.12 bits per heavy atom. The highest BCUT2D eigenvalue weighted by Gasteiger charge is 2.27. The minimum absolute atomic E-state index is 0.140. The van der Waals surface area contributed by atoms with Gasteiger partial charge in [0.25, 0.3) is 0 Å². The van der Waals surface area contributed by atoms with Crippen molar-refractivity contribution in [3.05, 3.63) is 42.0 Å². The molecule has 1 aliphatic carbocycles. The number of hydrogen-bond acceptors (Lipinski definition) is 1. The lowest BCUT2D eigenvalue weighted by Crippen LogP contribution is -2.24. The summed E-state index contributed by atoms with van der Waals surface area (Å²) in [4.78, 5) is 12.0. The Morgan fingerprint density at radius 3 is 2.53 bits per heavy atom. The van der Waals surface area contributed by atoms with E-state index >= 15 is 0 Å². The first-order valence-corrected chi connectivity index (χ1v) is 6.37. The highest BCUT2D eigenvalue weighted by molar-refractivity contribution is 5.87. The maximum Gasteiger partial charge on any atom is 0.142 e. The van der Waals surface area contributed by atoms with E-state index in [4.69, 9.17) is 0 Å². The molecule has 0 amide bonds. The Bertz CT molecular complexity index is 426. The molecule has 0 saturated carbocycles. The summed E-state index contributed by atoms with van der Waals surface area (Å²) < 4.78 is 0. The highest BCUT2D eigenvalue weighted by Crippen LogP contribution is 2.32. The van der Waals surface area contributed by atoms with Gasteiger partial charge in [-0.2, -0.15) is 0 Å². The molecular weight excluding hydrogens is 208 g/mol. The highest BCUT2D eigenvalue weighted by atomic mass is 16.1. The molecule has 0 bridgehead atoms. The van der Waals surface area contributed by atoms with Crippen molar-refractivity contribution in [3.63, 3.8) is 0 Å². The fourth-order valence-electron chi connectivity index (χ4n) is 2.37. The Kier molecular flexibility index (Phi) is 3.46. The van der Waals surface area contributed by atoms with Gasteiger partial charge in [-0.05, 0) is 30.4 Å². The van der Waals surface area contributed by atoms with E-state index in [1.54, 1.807) is 0 Å². The van der Waals surface area contributed by atoms with Gasteiger partial charge in [-0.15, -0.1) is 0 Å². The van der Waals surface area contributed by atoms with Gasteiger partial charge in [0.1, 0.15) is 5.78 Å². The third-order valence-electron chi connectivity index (χ3n) is 3.68. The second-order valence-electron chi connectivity index (χ2n) is 5.46. The van der Waals surface area contributed by atoms with Crippen molar-refractivity contribution in [2.45, 2.75) is 39.5 Å². The Balaban J connectivity index is 2.21. The molecular formula is C16H20O. The van der Waals surface area contributed by atoms with Crippen molar-refractivity contribution < 1.29 is 4.79 Å².